The van der Waals surface area contributed by atoms with Gasteiger partial charge in [0.05, 0.1) is 21.1 Å². The first kappa shape index (κ1) is 32.5. The van der Waals surface area contributed by atoms with Crippen molar-refractivity contribution in [3.8, 4) is 0 Å². The minimum absolute atomic E-state index is 0. The van der Waals surface area contributed by atoms with Crippen LogP contribution in [0.25, 0.3) is 0 Å². The summed E-state index contributed by atoms with van der Waals surface area (Å²) in [7, 11) is 7.57. The molecule has 174 valence electrons. The lowest BCUT2D eigenvalue weighted by atomic mass is 10.0. The number of nitrogens with zero attached hydrogens (tertiary/aromatic N) is 1. The van der Waals surface area contributed by atoms with Gasteiger partial charge in [-0.1, -0.05) is 116 Å². The van der Waals surface area contributed by atoms with Gasteiger partial charge in [0.1, 0.15) is 0 Å². The molecule has 0 aromatic rings. The molecule has 0 fully saturated rings. The van der Waals surface area contributed by atoms with Crippen molar-refractivity contribution in [3.63, 3.8) is 0 Å². The normalized spacial score (nSPS) is 10.9. The summed E-state index contributed by atoms with van der Waals surface area (Å²) >= 11 is 0. The molecule has 3 N–H and O–H groups in total. The summed E-state index contributed by atoms with van der Waals surface area (Å²) in [6, 6.07) is 0. The molecule has 0 heterocycles. The Balaban J connectivity index is -0.00000201. The van der Waals surface area contributed by atoms with Crippen molar-refractivity contribution in [1.29, 1.82) is 0 Å². The number of hydrogen-bond donors (Lipinski definition) is 2. The Hall–Kier alpha value is -0.160. The van der Waals surface area contributed by atoms with Crippen LogP contribution in [-0.2, 0) is 0 Å². The molecule has 0 saturated carbocycles. The second kappa shape index (κ2) is 26.8. The topological polar surface area (TPSA) is 62.3 Å². The first-order chi connectivity index (χ1) is 13.1. The SMILES string of the molecule is CCCCCCCCCCCCCCCCCCCCN[N+](C)(C)C.CO.[OH-]. The van der Waals surface area contributed by atoms with Crippen LogP contribution in [0.2, 0.25) is 0 Å². The average molecular weight is 405 g/mol. The molecule has 0 bridgehead atoms. The summed E-state index contributed by atoms with van der Waals surface area (Å²) < 4.78 is 0.874. The van der Waals surface area contributed by atoms with Crippen LogP contribution in [-0.4, -0.2) is 50.0 Å². The molecule has 0 aliphatic heterocycles. The molecule has 4 nitrogen and oxygen atoms in total. The van der Waals surface area contributed by atoms with Gasteiger partial charge < -0.3 is 10.6 Å². The fraction of sp³-hybridized carbons (Fsp3) is 1.00. The van der Waals surface area contributed by atoms with E-state index in [1.54, 1.807) is 0 Å². The number of nitrogens with one attached hydrogen (secondary N) is 1. The highest BCUT2D eigenvalue weighted by molar-refractivity contribution is 4.50. The number of hydrogen-bond acceptors (Lipinski definition) is 3. The van der Waals surface area contributed by atoms with E-state index < -0.39 is 0 Å². The van der Waals surface area contributed by atoms with Crippen molar-refractivity contribution < 1.29 is 15.2 Å². The van der Waals surface area contributed by atoms with Gasteiger partial charge in [-0.05, 0) is 6.42 Å². The Morgan fingerprint density at radius 2 is 0.750 bits per heavy atom. The summed E-state index contributed by atoms with van der Waals surface area (Å²) in [5.74, 6) is 0. The van der Waals surface area contributed by atoms with Gasteiger partial charge in [0, 0.05) is 13.7 Å². The summed E-state index contributed by atoms with van der Waals surface area (Å²) in [5, 5.41) is 7.00. The predicted molar refractivity (Wildman–Crippen MR) is 125 cm³/mol. The number of aliphatic hydroxyl groups is 1. The molecule has 28 heavy (non-hydrogen) atoms. The highest BCUT2D eigenvalue weighted by Crippen LogP contribution is 2.14. The Bertz CT molecular complexity index is 255. The quantitative estimate of drug-likeness (QED) is 0.135. The van der Waals surface area contributed by atoms with Crippen molar-refractivity contribution in [3.05, 3.63) is 0 Å². The fourth-order valence-corrected chi connectivity index (χ4v) is 3.44. The van der Waals surface area contributed by atoms with Gasteiger partial charge in [-0.25, -0.2) is 0 Å². The van der Waals surface area contributed by atoms with E-state index >= 15 is 0 Å². The Morgan fingerprint density at radius 1 is 0.500 bits per heavy atom. The van der Waals surface area contributed by atoms with Crippen LogP contribution in [0, 0.1) is 0 Å². The van der Waals surface area contributed by atoms with E-state index in [0.717, 1.165) is 18.2 Å². The van der Waals surface area contributed by atoms with Crippen LogP contribution in [0.3, 0.4) is 0 Å². The van der Waals surface area contributed by atoms with Crippen molar-refractivity contribution in [1.82, 2.24) is 5.43 Å². The molecule has 0 saturated heterocycles. The Kier molecular flexibility index (Phi) is 31.2. The molecule has 0 aromatic heterocycles. The number of quaternary nitrogens is 1. The third-order valence-electron chi connectivity index (χ3n) is 5.12. The van der Waals surface area contributed by atoms with E-state index in [-0.39, 0.29) is 5.48 Å². The zero-order chi connectivity index (χ0) is 20.6. The summed E-state index contributed by atoms with van der Waals surface area (Å²) in [6.07, 6.45) is 26.1. The third kappa shape index (κ3) is 33.4. The molecule has 4 heteroatoms. The molecule has 0 radical (unpaired) electrons. The minimum atomic E-state index is 0. The first-order valence-electron chi connectivity index (χ1n) is 12.1. The summed E-state index contributed by atoms with van der Waals surface area (Å²) in [4.78, 5) is 0. The maximum Gasteiger partial charge on any atom is 0.0853 e. The molecule has 0 unspecified atom stereocenters. The van der Waals surface area contributed by atoms with E-state index in [1.165, 1.54) is 116 Å². The van der Waals surface area contributed by atoms with Crippen LogP contribution < -0.4 is 5.43 Å². The van der Waals surface area contributed by atoms with E-state index in [2.05, 4.69) is 33.5 Å². The number of unbranched alkanes of at least 4 members (excludes halogenated alkanes) is 17. The van der Waals surface area contributed by atoms with Gasteiger partial charge in [0.15, 0.2) is 0 Å². The lowest BCUT2D eigenvalue weighted by Gasteiger charge is -2.23. The van der Waals surface area contributed by atoms with E-state index in [9.17, 15) is 0 Å². The van der Waals surface area contributed by atoms with E-state index in [0.29, 0.717) is 0 Å². The van der Waals surface area contributed by atoms with Gasteiger partial charge in [-0.2, -0.15) is 5.43 Å². The van der Waals surface area contributed by atoms with Gasteiger partial charge in [0.25, 0.3) is 0 Å². The van der Waals surface area contributed by atoms with Crippen LogP contribution in [0.1, 0.15) is 122 Å². The molecule has 0 aliphatic rings. The van der Waals surface area contributed by atoms with Crippen molar-refractivity contribution in [2.24, 2.45) is 0 Å². The van der Waals surface area contributed by atoms with Crippen LogP contribution in [0.15, 0.2) is 0 Å². The van der Waals surface area contributed by atoms with Crippen molar-refractivity contribution in [2.45, 2.75) is 122 Å². The Morgan fingerprint density at radius 3 is 1.00 bits per heavy atom. The van der Waals surface area contributed by atoms with Gasteiger partial charge in [-0.15, -0.1) is 0 Å². The lowest BCUT2D eigenvalue weighted by molar-refractivity contribution is -0.915. The van der Waals surface area contributed by atoms with E-state index in [1.807, 2.05) is 0 Å². The maximum absolute atomic E-state index is 7.00. The molecular formula is C24H56N2O2. The third-order valence-corrected chi connectivity index (χ3v) is 5.12. The van der Waals surface area contributed by atoms with Crippen molar-refractivity contribution >= 4 is 0 Å². The highest BCUT2D eigenvalue weighted by atomic mass is 16.2. The largest absolute Gasteiger partial charge is 0.870 e. The zero-order valence-corrected chi connectivity index (χ0v) is 20.3. The van der Waals surface area contributed by atoms with Gasteiger partial charge >= 0.3 is 0 Å². The lowest BCUT2D eigenvalue weighted by Crippen LogP contribution is -2.48. The molecule has 0 rings (SSSR count). The minimum Gasteiger partial charge on any atom is -0.870 e. The second-order valence-corrected chi connectivity index (χ2v) is 8.93. The monoisotopic (exact) mass is 404 g/mol. The second-order valence-electron chi connectivity index (χ2n) is 8.93. The maximum atomic E-state index is 7.00. The first-order valence-corrected chi connectivity index (χ1v) is 12.1. The smallest absolute Gasteiger partial charge is 0.0853 e. The van der Waals surface area contributed by atoms with Crippen LogP contribution in [0.5, 0.6) is 0 Å². The standard InChI is InChI=1S/C23H51N2.CH4O.H2O/c1-5-6-7-8-9-10-11-12-13-14-15-16-17-18-19-20-21-22-23-24-25(2,3)4;1-2;/h24H,5-23H2,1-4H3;2H,1H3;1H2/q+1;;/p-1. The fourth-order valence-electron chi connectivity index (χ4n) is 3.44. The molecular weight excluding hydrogens is 348 g/mol. The molecule has 0 amide bonds. The zero-order valence-electron chi connectivity index (χ0n) is 20.3. The van der Waals surface area contributed by atoms with Crippen LogP contribution >= 0.6 is 0 Å². The highest BCUT2D eigenvalue weighted by Gasteiger charge is 2.03. The molecule has 0 spiro atoms. The molecule has 0 atom stereocenters. The molecule has 0 aromatic carbocycles. The predicted octanol–water partition coefficient (Wildman–Crippen LogP) is 6.67. The Labute approximate surface area is 178 Å². The van der Waals surface area contributed by atoms with Crippen molar-refractivity contribution in [2.75, 3.05) is 34.8 Å². The molecule has 0 aliphatic carbocycles. The summed E-state index contributed by atoms with van der Waals surface area (Å²) in [6.45, 7) is 3.45. The number of aliphatic hydroxyl groups excluding tert-OH is 1. The van der Waals surface area contributed by atoms with Gasteiger partial charge in [-0.3, -0.25) is 4.59 Å². The van der Waals surface area contributed by atoms with Crippen LogP contribution in [0.4, 0.5) is 0 Å². The summed E-state index contributed by atoms with van der Waals surface area (Å²) in [5.41, 5.74) is 3.51. The van der Waals surface area contributed by atoms with Gasteiger partial charge in [0.2, 0.25) is 0 Å². The number of rotatable bonds is 20. The van der Waals surface area contributed by atoms with E-state index in [4.69, 9.17) is 5.11 Å². The average Bonchev–Trinajstić information content (AvgIpc) is 2.64.